The first-order valence-electron chi connectivity index (χ1n) is 5.89. The van der Waals surface area contributed by atoms with Crippen LogP contribution in [0.3, 0.4) is 0 Å². The average molecular weight is 305 g/mol. The Morgan fingerprint density at radius 2 is 1.95 bits per heavy atom. The molecule has 0 aliphatic carbocycles. The number of anilines is 1. The molecule has 0 saturated heterocycles. The molecule has 0 atom stereocenters. The molecule has 1 aromatic rings. The molecule has 0 bridgehead atoms. The summed E-state index contributed by atoms with van der Waals surface area (Å²) >= 11 is 5.32. The predicted molar refractivity (Wildman–Crippen MR) is 77.0 cm³/mol. The van der Waals surface area contributed by atoms with Crippen LogP contribution in [-0.4, -0.2) is 37.5 Å². The zero-order valence-electron chi connectivity index (χ0n) is 10.9. The lowest BCUT2D eigenvalue weighted by Gasteiger charge is -2.19. The van der Waals surface area contributed by atoms with Crippen LogP contribution in [-0.2, 0) is 10.0 Å². The van der Waals surface area contributed by atoms with Crippen molar-refractivity contribution in [3.8, 4) is 0 Å². The maximum atomic E-state index is 12.1. The number of alkyl halides is 1. The fourth-order valence-electron chi connectivity index (χ4n) is 1.62. The second-order valence-electron chi connectivity index (χ2n) is 3.88. The van der Waals surface area contributed by atoms with Crippen molar-refractivity contribution in [2.45, 2.75) is 13.8 Å². The summed E-state index contributed by atoms with van der Waals surface area (Å²) in [5, 5.41) is -0.527. The molecule has 0 aliphatic rings. The van der Waals surface area contributed by atoms with Gasteiger partial charge in [-0.05, 0) is 32.0 Å². The van der Waals surface area contributed by atoms with E-state index in [-0.39, 0.29) is 5.91 Å². The molecule has 106 valence electrons. The Bertz CT molecular complexity index is 542. The van der Waals surface area contributed by atoms with E-state index in [0.29, 0.717) is 24.3 Å². The summed E-state index contributed by atoms with van der Waals surface area (Å²) in [4.78, 5) is 13.8. The summed E-state index contributed by atoms with van der Waals surface area (Å²) in [6, 6.07) is 6.36. The van der Waals surface area contributed by atoms with Crippen LogP contribution in [0.5, 0.6) is 0 Å². The summed E-state index contributed by atoms with van der Waals surface area (Å²) in [5.74, 6) is -0.128. The molecule has 1 N–H and O–H groups in total. The first-order valence-corrected chi connectivity index (χ1v) is 8.08. The van der Waals surface area contributed by atoms with Crippen molar-refractivity contribution >= 4 is 33.2 Å². The van der Waals surface area contributed by atoms with Gasteiger partial charge in [0.25, 0.3) is 5.91 Å². The highest BCUT2D eigenvalue weighted by Gasteiger charge is 2.14. The van der Waals surface area contributed by atoms with Gasteiger partial charge in [-0.1, -0.05) is 6.07 Å². The van der Waals surface area contributed by atoms with E-state index in [2.05, 4.69) is 4.72 Å². The quantitative estimate of drug-likeness (QED) is 0.819. The molecule has 0 heterocycles. The maximum Gasteiger partial charge on any atom is 0.253 e. The third-order valence-corrected chi connectivity index (χ3v) is 4.27. The van der Waals surface area contributed by atoms with Gasteiger partial charge in [-0.15, -0.1) is 11.6 Å². The zero-order chi connectivity index (χ0) is 14.5. The molecular formula is C12H17ClN2O3S. The molecule has 1 aromatic carbocycles. The minimum Gasteiger partial charge on any atom is -0.339 e. The topological polar surface area (TPSA) is 66.5 Å². The lowest BCUT2D eigenvalue weighted by Crippen LogP contribution is -2.30. The molecule has 0 fully saturated rings. The van der Waals surface area contributed by atoms with Gasteiger partial charge in [0.15, 0.2) is 0 Å². The minimum absolute atomic E-state index is 0.128. The Morgan fingerprint density at radius 3 is 2.47 bits per heavy atom. The van der Waals surface area contributed by atoms with Crippen molar-refractivity contribution in [3.05, 3.63) is 29.8 Å². The van der Waals surface area contributed by atoms with Crippen LogP contribution in [0, 0.1) is 0 Å². The lowest BCUT2D eigenvalue weighted by atomic mass is 10.2. The number of halogens is 1. The third-order valence-electron chi connectivity index (χ3n) is 2.58. The number of sulfonamides is 1. The van der Waals surface area contributed by atoms with E-state index >= 15 is 0 Å². The van der Waals surface area contributed by atoms with E-state index < -0.39 is 15.2 Å². The molecule has 19 heavy (non-hydrogen) atoms. The smallest absolute Gasteiger partial charge is 0.253 e. The van der Waals surface area contributed by atoms with E-state index in [1.165, 1.54) is 6.07 Å². The maximum absolute atomic E-state index is 12.1. The Hall–Kier alpha value is -1.27. The van der Waals surface area contributed by atoms with E-state index in [1.54, 1.807) is 23.1 Å². The number of nitrogens with zero attached hydrogens (tertiary/aromatic N) is 1. The molecule has 1 rings (SSSR count). The van der Waals surface area contributed by atoms with Gasteiger partial charge < -0.3 is 4.90 Å². The van der Waals surface area contributed by atoms with Gasteiger partial charge >= 0.3 is 0 Å². The van der Waals surface area contributed by atoms with Crippen LogP contribution in [0.1, 0.15) is 24.2 Å². The van der Waals surface area contributed by atoms with Gasteiger partial charge in [-0.3, -0.25) is 9.52 Å². The van der Waals surface area contributed by atoms with Crippen LogP contribution in [0.25, 0.3) is 0 Å². The van der Waals surface area contributed by atoms with Crippen molar-refractivity contribution in [1.82, 2.24) is 4.90 Å². The highest BCUT2D eigenvalue weighted by Crippen LogP contribution is 2.14. The van der Waals surface area contributed by atoms with Crippen molar-refractivity contribution in [2.24, 2.45) is 0 Å². The van der Waals surface area contributed by atoms with Gasteiger partial charge in [0, 0.05) is 24.3 Å². The first-order chi connectivity index (χ1) is 8.93. The summed E-state index contributed by atoms with van der Waals surface area (Å²) in [6.45, 7) is 4.99. The van der Waals surface area contributed by atoms with Crippen molar-refractivity contribution in [3.63, 3.8) is 0 Å². The van der Waals surface area contributed by atoms with Crippen molar-refractivity contribution in [2.75, 3.05) is 23.0 Å². The van der Waals surface area contributed by atoms with E-state index in [4.69, 9.17) is 11.6 Å². The van der Waals surface area contributed by atoms with Gasteiger partial charge in [0.1, 0.15) is 5.21 Å². The zero-order valence-corrected chi connectivity index (χ0v) is 12.5. The van der Waals surface area contributed by atoms with Gasteiger partial charge in [-0.25, -0.2) is 8.42 Å². The number of carbonyl (C=O) groups is 1. The van der Waals surface area contributed by atoms with Gasteiger partial charge in [0.05, 0.1) is 0 Å². The van der Waals surface area contributed by atoms with E-state index in [9.17, 15) is 13.2 Å². The monoisotopic (exact) mass is 304 g/mol. The van der Waals surface area contributed by atoms with Crippen molar-refractivity contribution < 1.29 is 13.2 Å². The Labute approximate surface area is 118 Å². The molecular weight excluding hydrogens is 288 g/mol. The molecule has 5 nitrogen and oxygen atoms in total. The molecule has 0 unspecified atom stereocenters. The summed E-state index contributed by atoms with van der Waals surface area (Å²) in [7, 11) is -3.56. The molecule has 0 aliphatic heterocycles. The fourth-order valence-corrected chi connectivity index (χ4v) is 2.32. The van der Waals surface area contributed by atoms with Crippen LogP contribution in [0.15, 0.2) is 24.3 Å². The SMILES string of the molecule is CCN(CC)C(=O)c1cccc(NS(=O)(=O)CCl)c1. The molecule has 0 saturated carbocycles. The summed E-state index contributed by atoms with van der Waals surface area (Å²) in [5.41, 5.74) is 0.775. The minimum atomic E-state index is -3.56. The molecule has 0 radical (unpaired) electrons. The van der Waals surface area contributed by atoms with Crippen LogP contribution in [0.2, 0.25) is 0 Å². The number of nitrogens with one attached hydrogen (secondary N) is 1. The van der Waals surface area contributed by atoms with Crippen molar-refractivity contribution in [1.29, 1.82) is 0 Å². The fraction of sp³-hybridized carbons (Fsp3) is 0.417. The Morgan fingerprint density at radius 1 is 1.32 bits per heavy atom. The van der Waals surface area contributed by atoms with Crippen LogP contribution in [0.4, 0.5) is 5.69 Å². The predicted octanol–water partition coefficient (Wildman–Crippen LogP) is 2.11. The summed E-state index contributed by atoms with van der Waals surface area (Å²) in [6.07, 6.45) is 0. The van der Waals surface area contributed by atoms with E-state index in [1.807, 2.05) is 13.8 Å². The largest absolute Gasteiger partial charge is 0.339 e. The third kappa shape index (κ3) is 4.40. The molecule has 1 amide bonds. The summed E-state index contributed by atoms with van der Waals surface area (Å²) < 4.78 is 25.0. The number of hydrogen-bond acceptors (Lipinski definition) is 3. The highest BCUT2D eigenvalue weighted by molar-refractivity contribution is 7.93. The van der Waals surface area contributed by atoms with E-state index in [0.717, 1.165) is 0 Å². The normalized spacial score (nSPS) is 11.1. The van der Waals surface area contributed by atoms with Gasteiger partial charge in [-0.2, -0.15) is 0 Å². The number of rotatable bonds is 6. The number of amides is 1. The standard InChI is InChI=1S/C12H17ClN2O3S/c1-3-15(4-2)12(16)10-6-5-7-11(8-10)14-19(17,18)9-13/h5-8,14H,3-4,9H2,1-2H3. The number of benzene rings is 1. The Kier molecular flexibility index (Phi) is 5.62. The number of hydrogen-bond donors (Lipinski definition) is 1. The highest BCUT2D eigenvalue weighted by atomic mass is 35.5. The second kappa shape index (κ2) is 6.77. The van der Waals surface area contributed by atoms with Crippen LogP contribution < -0.4 is 4.72 Å². The average Bonchev–Trinajstić information content (AvgIpc) is 2.40. The van der Waals surface area contributed by atoms with Gasteiger partial charge in [0.2, 0.25) is 10.0 Å². The molecule has 7 heteroatoms. The molecule has 0 aromatic heterocycles. The second-order valence-corrected chi connectivity index (χ2v) is 6.19. The number of carbonyl (C=O) groups excluding carboxylic acids is 1. The lowest BCUT2D eigenvalue weighted by molar-refractivity contribution is 0.0773. The molecule has 0 spiro atoms. The van der Waals surface area contributed by atoms with Crippen LogP contribution >= 0.6 is 11.6 Å². The Balaban J connectivity index is 2.97. The first kappa shape index (κ1) is 15.8.